The summed E-state index contributed by atoms with van der Waals surface area (Å²) in [4.78, 5) is 20.9. The summed E-state index contributed by atoms with van der Waals surface area (Å²) < 4.78 is 10.4. The molecule has 1 aromatic heterocycles. The average Bonchev–Trinajstić information content (AvgIpc) is 2.71. The number of aryl methyl sites for hydroxylation is 1. The molecular weight excluding hydrogens is 380 g/mol. The number of rotatable bonds is 6. The van der Waals surface area contributed by atoms with Gasteiger partial charge in [-0.1, -0.05) is 17.7 Å². The SMILES string of the molecule is COc1ccc(OC)c(NC(=O)c2cnc(Nc3ccc(C)c(Cl)c3)nc2)c1. The summed E-state index contributed by atoms with van der Waals surface area (Å²) in [6.07, 6.45) is 2.88. The molecule has 0 atom stereocenters. The van der Waals surface area contributed by atoms with Crippen molar-refractivity contribution >= 4 is 34.8 Å². The number of carbonyl (C=O) groups is 1. The zero-order valence-electron chi connectivity index (χ0n) is 15.6. The van der Waals surface area contributed by atoms with Crippen molar-refractivity contribution in [3.63, 3.8) is 0 Å². The summed E-state index contributed by atoms with van der Waals surface area (Å²) in [5, 5.41) is 6.47. The Labute approximate surface area is 167 Å². The first-order chi connectivity index (χ1) is 13.5. The quantitative estimate of drug-likeness (QED) is 0.638. The molecule has 0 fully saturated rings. The Balaban J connectivity index is 1.72. The van der Waals surface area contributed by atoms with Gasteiger partial charge in [0.25, 0.3) is 5.91 Å². The summed E-state index contributed by atoms with van der Waals surface area (Å²) >= 11 is 6.12. The first kappa shape index (κ1) is 19.4. The first-order valence-electron chi connectivity index (χ1n) is 8.38. The van der Waals surface area contributed by atoms with E-state index in [2.05, 4.69) is 20.6 Å². The van der Waals surface area contributed by atoms with Gasteiger partial charge in [0.05, 0.1) is 25.5 Å². The molecule has 7 nitrogen and oxygen atoms in total. The number of nitrogens with one attached hydrogen (secondary N) is 2. The molecule has 1 amide bonds. The van der Waals surface area contributed by atoms with E-state index in [1.807, 2.05) is 19.1 Å². The van der Waals surface area contributed by atoms with E-state index in [1.165, 1.54) is 19.5 Å². The maximum Gasteiger partial charge on any atom is 0.258 e. The third-order valence-corrected chi connectivity index (χ3v) is 4.40. The normalized spacial score (nSPS) is 10.3. The van der Waals surface area contributed by atoms with Crippen LogP contribution in [0.2, 0.25) is 5.02 Å². The standard InChI is InChI=1S/C20H19ClN4O3/c1-12-4-5-14(8-16(12)21)24-20-22-10-13(11-23-20)19(26)25-17-9-15(27-2)6-7-18(17)28-3/h4-11H,1-3H3,(H,25,26)(H,22,23,24). The van der Waals surface area contributed by atoms with E-state index in [1.54, 1.807) is 31.4 Å². The zero-order valence-corrected chi connectivity index (χ0v) is 16.4. The largest absolute Gasteiger partial charge is 0.497 e. The Kier molecular flexibility index (Phi) is 5.96. The van der Waals surface area contributed by atoms with E-state index in [0.717, 1.165) is 11.3 Å². The summed E-state index contributed by atoms with van der Waals surface area (Å²) in [5.41, 5.74) is 2.53. The fraction of sp³-hybridized carbons (Fsp3) is 0.150. The highest BCUT2D eigenvalue weighted by atomic mass is 35.5. The molecule has 0 saturated heterocycles. The molecule has 28 heavy (non-hydrogen) atoms. The molecule has 2 N–H and O–H groups in total. The van der Waals surface area contributed by atoms with E-state index in [9.17, 15) is 4.79 Å². The van der Waals surface area contributed by atoms with Gasteiger partial charge in [-0.3, -0.25) is 4.79 Å². The number of anilines is 3. The van der Waals surface area contributed by atoms with Crippen molar-refractivity contribution in [1.29, 1.82) is 0 Å². The van der Waals surface area contributed by atoms with Gasteiger partial charge < -0.3 is 20.1 Å². The van der Waals surface area contributed by atoms with Crippen LogP contribution in [0.3, 0.4) is 0 Å². The number of benzene rings is 2. The van der Waals surface area contributed by atoms with Gasteiger partial charge in [-0.2, -0.15) is 0 Å². The van der Waals surface area contributed by atoms with Crippen molar-refractivity contribution in [3.05, 3.63) is 64.9 Å². The van der Waals surface area contributed by atoms with Crippen molar-refractivity contribution in [3.8, 4) is 11.5 Å². The van der Waals surface area contributed by atoms with E-state index in [0.29, 0.717) is 33.7 Å². The number of nitrogens with zero attached hydrogens (tertiary/aromatic N) is 2. The maximum absolute atomic E-state index is 12.5. The van der Waals surface area contributed by atoms with Crippen molar-refractivity contribution in [2.24, 2.45) is 0 Å². The molecule has 0 aliphatic carbocycles. The lowest BCUT2D eigenvalue weighted by molar-refractivity contribution is 0.102. The minimum Gasteiger partial charge on any atom is -0.497 e. The summed E-state index contributed by atoms with van der Waals surface area (Å²) in [6, 6.07) is 10.7. The van der Waals surface area contributed by atoms with Gasteiger partial charge in [0, 0.05) is 29.2 Å². The molecule has 0 unspecified atom stereocenters. The molecule has 0 aliphatic heterocycles. The molecule has 0 aliphatic rings. The van der Waals surface area contributed by atoms with Crippen LogP contribution < -0.4 is 20.1 Å². The topological polar surface area (TPSA) is 85.4 Å². The van der Waals surface area contributed by atoms with Gasteiger partial charge >= 0.3 is 0 Å². The van der Waals surface area contributed by atoms with Gasteiger partial charge in [-0.15, -0.1) is 0 Å². The second-order valence-corrected chi connectivity index (χ2v) is 6.31. The highest BCUT2D eigenvalue weighted by molar-refractivity contribution is 6.31. The van der Waals surface area contributed by atoms with Crippen molar-refractivity contribution in [1.82, 2.24) is 9.97 Å². The van der Waals surface area contributed by atoms with E-state index < -0.39 is 0 Å². The Morgan fingerprint density at radius 3 is 2.43 bits per heavy atom. The van der Waals surface area contributed by atoms with E-state index in [-0.39, 0.29) is 5.91 Å². The van der Waals surface area contributed by atoms with E-state index >= 15 is 0 Å². The van der Waals surface area contributed by atoms with Gasteiger partial charge in [0.15, 0.2) is 0 Å². The Morgan fingerprint density at radius 1 is 1.04 bits per heavy atom. The Hall–Kier alpha value is -3.32. The average molecular weight is 399 g/mol. The van der Waals surface area contributed by atoms with Crippen LogP contribution in [0.5, 0.6) is 11.5 Å². The second-order valence-electron chi connectivity index (χ2n) is 5.90. The summed E-state index contributed by atoms with van der Waals surface area (Å²) in [7, 11) is 3.08. The van der Waals surface area contributed by atoms with Gasteiger partial charge in [0.1, 0.15) is 11.5 Å². The van der Waals surface area contributed by atoms with Crippen molar-refractivity contribution in [2.45, 2.75) is 6.92 Å². The minimum absolute atomic E-state index is 0.303. The number of methoxy groups -OCH3 is 2. The molecule has 2 aromatic carbocycles. The van der Waals surface area contributed by atoms with Crippen LogP contribution >= 0.6 is 11.6 Å². The predicted molar refractivity (Wildman–Crippen MR) is 109 cm³/mol. The number of hydrogen-bond acceptors (Lipinski definition) is 6. The Morgan fingerprint density at radius 2 is 1.79 bits per heavy atom. The monoisotopic (exact) mass is 398 g/mol. The lowest BCUT2D eigenvalue weighted by atomic mass is 10.2. The van der Waals surface area contributed by atoms with Crippen LogP contribution in [-0.2, 0) is 0 Å². The summed E-state index contributed by atoms with van der Waals surface area (Å²) in [6.45, 7) is 1.92. The van der Waals surface area contributed by atoms with Crippen molar-refractivity contribution < 1.29 is 14.3 Å². The van der Waals surface area contributed by atoms with Crippen LogP contribution in [0.4, 0.5) is 17.3 Å². The lowest BCUT2D eigenvalue weighted by Crippen LogP contribution is -2.14. The van der Waals surface area contributed by atoms with Gasteiger partial charge in [-0.25, -0.2) is 9.97 Å². The molecular formula is C20H19ClN4O3. The molecule has 0 bridgehead atoms. The van der Waals surface area contributed by atoms with E-state index in [4.69, 9.17) is 21.1 Å². The minimum atomic E-state index is -0.364. The van der Waals surface area contributed by atoms with Crippen LogP contribution in [0.15, 0.2) is 48.8 Å². The third kappa shape index (κ3) is 4.50. The molecule has 0 radical (unpaired) electrons. The number of carbonyl (C=O) groups excluding carboxylic acids is 1. The molecule has 1 heterocycles. The number of halogens is 1. The second kappa shape index (κ2) is 8.58. The molecule has 8 heteroatoms. The number of amides is 1. The zero-order chi connectivity index (χ0) is 20.1. The van der Waals surface area contributed by atoms with Crippen LogP contribution in [0.25, 0.3) is 0 Å². The molecule has 3 rings (SSSR count). The van der Waals surface area contributed by atoms with Crippen molar-refractivity contribution in [2.75, 3.05) is 24.9 Å². The number of hydrogen-bond donors (Lipinski definition) is 2. The van der Waals surface area contributed by atoms with Crippen LogP contribution in [0, 0.1) is 6.92 Å². The third-order valence-electron chi connectivity index (χ3n) is 4.00. The molecule has 0 saturated carbocycles. The van der Waals surface area contributed by atoms with Crippen LogP contribution in [-0.4, -0.2) is 30.1 Å². The fourth-order valence-corrected chi connectivity index (χ4v) is 2.60. The lowest BCUT2D eigenvalue weighted by Gasteiger charge is -2.12. The molecule has 0 spiro atoms. The highest BCUT2D eigenvalue weighted by Crippen LogP contribution is 2.29. The molecule has 3 aromatic rings. The molecule has 144 valence electrons. The Bertz CT molecular complexity index is 993. The highest BCUT2D eigenvalue weighted by Gasteiger charge is 2.12. The fourth-order valence-electron chi connectivity index (χ4n) is 2.42. The number of ether oxygens (including phenoxy) is 2. The summed E-state index contributed by atoms with van der Waals surface area (Å²) in [5.74, 6) is 1.11. The predicted octanol–water partition coefficient (Wildman–Crippen LogP) is 4.45. The number of aromatic nitrogens is 2. The van der Waals surface area contributed by atoms with Crippen LogP contribution in [0.1, 0.15) is 15.9 Å². The van der Waals surface area contributed by atoms with Gasteiger partial charge in [-0.05, 0) is 36.8 Å². The first-order valence-corrected chi connectivity index (χ1v) is 8.76. The smallest absolute Gasteiger partial charge is 0.258 e. The maximum atomic E-state index is 12.5. The van der Waals surface area contributed by atoms with Gasteiger partial charge in [0.2, 0.25) is 5.95 Å².